The van der Waals surface area contributed by atoms with E-state index in [0.717, 1.165) is 15.1 Å². The van der Waals surface area contributed by atoms with E-state index >= 15 is 8.78 Å². The maximum absolute atomic E-state index is 16.3. The van der Waals surface area contributed by atoms with Crippen molar-refractivity contribution in [3.05, 3.63) is 37.5 Å². The largest absolute Gasteiger partial charge is 0.382 e. The standard InChI is InChI=1S/C22H26B2F2N10O7P2/c1-8-9-2-39-44(23,37)43-17-10(41-22(12(17)26)36-7-34-14-19(28)30-5-32-21(14)36)3-40-45(24,38)42-16(9)11(25)15(8)35-6-33-13-18(27)29-4-31-20(13)35/h4-7,9-12,15-17,22H,1-3,23-24H2,(H2,27,29,31)(H2,28,30,32). The number of alkyl halides is 2. The quantitative estimate of drug-likeness (QED) is 0.169. The number of ether oxygens (including phenoxy) is 1. The summed E-state index contributed by atoms with van der Waals surface area (Å²) < 4.78 is 91.1. The van der Waals surface area contributed by atoms with E-state index in [9.17, 15) is 9.13 Å². The van der Waals surface area contributed by atoms with Crippen LogP contribution < -0.4 is 11.5 Å². The number of hydrogen-bond donors (Lipinski definition) is 2. The van der Waals surface area contributed by atoms with Gasteiger partial charge in [-0.15, -0.1) is 0 Å². The highest BCUT2D eigenvalue weighted by atomic mass is 31.2. The van der Waals surface area contributed by atoms with Gasteiger partial charge in [0.15, 0.2) is 41.5 Å². The topological polar surface area (TPSA) is 220 Å². The first-order valence-electron chi connectivity index (χ1n) is 13.6. The predicted molar refractivity (Wildman–Crippen MR) is 159 cm³/mol. The highest BCUT2D eigenvalue weighted by Crippen LogP contribution is 2.56. The summed E-state index contributed by atoms with van der Waals surface area (Å²) in [4.78, 5) is 24.4. The highest BCUT2D eigenvalue weighted by molar-refractivity contribution is 7.79. The lowest BCUT2D eigenvalue weighted by atomic mass is 10.0. The molecular weight excluding hydrogens is 638 g/mol. The number of nitrogens with two attached hydrogens (primary N) is 2. The number of aromatic nitrogens is 8. The second-order valence-electron chi connectivity index (χ2n) is 11.0. The molecule has 0 amide bonds. The van der Waals surface area contributed by atoms with E-state index in [-0.39, 0.29) is 39.5 Å². The second-order valence-corrected chi connectivity index (χ2v) is 15.0. The molecule has 1 saturated carbocycles. The van der Waals surface area contributed by atoms with Crippen LogP contribution in [0, 0.1) is 5.92 Å². The van der Waals surface area contributed by atoms with E-state index in [1.807, 2.05) is 0 Å². The van der Waals surface area contributed by atoms with Gasteiger partial charge in [0.2, 0.25) is 0 Å². The molecule has 2 aliphatic heterocycles. The van der Waals surface area contributed by atoms with Gasteiger partial charge in [0.25, 0.3) is 30.1 Å². The van der Waals surface area contributed by atoms with Gasteiger partial charge in [-0.3, -0.25) is 13.7 Å². The zero-order valence-electron chi connectivity index (χ0n) is 23.8. The van der Waals surface area contributed by atoms with Crippen molar-refractivity contribution in [1.82, 2.24) is 39.0 Å². The summed E-state index contributed by atoms with van der Waals surface area (Å²) in [6.07, 6.45) is -4.33. The molecule has 23 heteroatoms. The molecular formula is C22H26B2F2N10O7P2. The van der Waals surface area contributed by atoms with Gasteiger partial charge in [0.1, 0.15) is 42.0 Å². The maximum Gasteiger partial charge on any atom is 0.271 e. The molecule has 17 nitrogen and oxygen atoms in total. The Morgan fingerprint density at radius 3 is 2.02 bits per heavy atom. The summed E-state index contributed by atoms with van der Waals surface area (Å²) in [5.74, 6) is -0.811. The molecule has 2 saturated heterocycles. The lowest BCUT2D eigenvalue weighted by Crippen LogP contribution is -2.36. The van der Waals surface area contributed by atoms with Gasteiger partial charge >= 0.3 is 0 Å². The minimum absolute atomic E-state index is 0.0768. The molecule has 7 rings (SSSR count). The van der Waals surface area contributed by atoms with E-state index in [4.69, 9.17) is 34.3 Å². The third kappa shape index (κ3) is 5.16. The Hall–Kier alpha value is -3.31. The van der Waals surface area contributed by atoms with Crippen molar-refractivity contribution >= 4 is 64.0 Å². The van der Waals surface area contributed by atoms with E-state index < -0.39 is 77.0 Å². The number of rotatable bonds is 2. The number of anilines is 2. The fourth-order valence-corrected chi connectivity index (χ4v) is 8.31. The fourth-order valence-electron chi connectivity index (χ4n) is 5.94. The van der Waals surface area contributed by atoms with Gasteiger partial charge in [-0.2, -0.15) is 0 Å². The van der Waals surface area contributed by atoms with Crippen LogP contribution in [0.3, 0.4) is 0 Å². The number of imidazole rings is 2. The summed E-state index contributed by atoms with van der Waals surface area (Å²) in [7, 11) is -5.79. The third-order valence-corrected chi connectivity index (χ3v) is 10.6. The molecule has 4 aromatic heterocycles. The lowest BCUT2D eigenvalue weighted by molar-refractivity contribution is -0.0451. The second kappa shape index (κ2) is 10.9. The molecule has 10 unspecified atom stereocenters. The number of halogens is 2. The summed E-state index contributed by atoms with van der Waals surface area (Å²) in [6.45, 7) is 3.10. The smallest absolute Gasteiger partial charge is 0.271 e. The van der Waals surface area contributed by atoms with Gasteiger partial charge in [0, 0.05) is 5.92 Å². The number of nitrogen functional groups attached to an aromatic ring is 2. The van der Waals surface area contributed by atoms with E-state index in [2.05, 4.69) is 36.5 Å². The monoisotopic (exact) mass is 664 g/mol. The third-order valence-electron chi connectivity index (χ3n) is 8.07. The Bertz CT molecular complexity index is 1910. The van der Waals surface area contributed by atoms with Crippen molar-refractivity contribution in [2.24, 2.45) is 5.92 Å². The zero-order valence-corrected chi connectivity index (χ0v) is 25.6. The van der Waals surface area contributed by atoms with Crippen molar-refractivity contribution in [3.8, 4) is 0 Å². The van der Waals surface area contributed by atoms with Gasteiger partial charge in [-0.25, -0.2) is 38.7 Å². The van der Waals surface area contributed by atoms with Gasteiger partial charge in [-0.1, -0.05) is 6.58 Å². The molecule has 3 aliphatic rings. The van der Waals surface area contributed by atoms with Crippen LogP contribution in [0.15, 0.2) is 37.5 Å². The van der Waals surface area contributed by atoms with E-state index in [0.29, 0.717) is 0 Å². The summed E-state index contributed by atoms with van der Waals surface area (Å²) in [6, 6.07) is -1.10. The van der Waals surface area contributed by atoms with Crippen molar-refractivity contribution in [2.45, 2.75) is 42.9 Å². The van der Waals surface area contributed by atoms with Gasteiger partial charge in [0.05, 0.1) is 31.9 Å². The average Bonchev–Trinajstić information content (AvgIpc) is 3.72. The minimum atomic E-state index is -4.05. The fraction of sp³-hybridized carbons (Fsp3) is 0.455. The summed E-state index contributed by atoms with van der Waals surface area (Å²) >= 11 is 0. The molecule has 4 N–H and O–H groups in total. The molecule has 1 aliphatic carbocycles. The average molecular weight is 664 g/mol. The number of fused-ring (bicyclic) bond motifs is 4. The maximum atomic E-state index is 16.3. The van der Waals surface area contributed by atoms with E-state index in [1.165, 1.54) is 34.4 Å². The first-order chi connectivity index (χ1) is 21.3. The Morgan fingerprint density at radius 1 is 0.822 bits per heavy atom. The van der Waals surface area contributed by atoms with Crippen LogP contribution in [-0.4, -0.2) is 98.0 Å². The summed E-state index contributed by atoms with van der Waals surface area (Å²) in [5.41, 5.74) is 12.9. The molecule has 45 heavy (non-hydrogen) atoms. The molecule has 6 heterocycles. The van der Waals surface area contributed by atoms with Crippen LogP contribution in [0.2, 0.25) is 0 Å². The molecule has 0 aromatic carbocycles. The summed E-state index contributed by atoms with van der Waals surface area (Å²) in [5, 5.41) is 0. The van der Waals surface area contributed by atoms with Crippen molar-refractivity contribution in [3.63, 3.8) is 0 Å². The Balaban J connectivity index is 1.19. The lowest BCUT2D eigenvalue weighted by Gasteiger charge is -2.30. The first-order valence-corrected chi connectivity index (χ1v) is 17.6. The molecule has 10 atom stereocenters. The van der Waals surface area contributed by atoms with Gasteiger partial charge < -0.3 is 38.9 Å². The molecule has 0 bridgehead atoms. The first kappa shape index (κ1) is 30.3. The molecule has 0 radical (unpaired) electrons. The highest BCUT2D eigenvalue weighted by Gasteiger charge is 2.54. The Labute approximate surface area is 254 Å². The van der Waals surface area contributed by atoms with Crippen LogP contribution in [-0.2, 0) is 32.0 Å². The number of hydrogen-bond acceptors (Lipinski definition) is 15. The minimum Gasteiger partial charge on any atom is -0.382 e. The predicted octanol–water partition coefficient (Wildman–Crippen LogP) is 0.431. The molecule has 236 valence electrons. The molecule has 0 spiro atoms. The Kier molecular flexibility index (Phi) is 7.35. The van der Waals surface area contributed by atoms with Crippen LogP contribution in [0.4, 0.5) is 20.4 Å². The van der Waals surface area contributed by atoms with Crippen molar-refractivity contribution in [2.75, 3.05) is 24.7 Å². The van der Waals surface area contributed by atoms with Gasteiger partial charge in [-0.05, 0) is 5.57 Å². The van der Waals surface area contributed by atoms with Crippen LogP contribution in [0.25, 0.3) is 22.3 Å². The van der Waals surface area contributed by atoms with Crippen LogP contribution in [0.1, 0.15) is 12.3 Å². The SMILES string of the molecule is BP1(=O)OCC2C(=C)C(n3cnc4c(N)ncnc43)C(F)C2OP(B)(=O)OCC2OC(n3cnc4c(N)ncnc43)C(F)C2O1. The van der Waals surface area contributed by atoms with E-state index in [1.54, 1.807) is 0 Å². The molecule has 4 aromatic rings. The number of nitrogens with zero attached hydrogens (tertiary/aromatic N) is 8. The van der Waals surface area contributed by atoms with Crippen molar-refractivity contribution in [1.29, 1.82) is 0 Å². The normalized spacial score (nSPS) is 37.7. The Morgan fingerprint density at radius 2 is 1.38 bits per heavy atom. The zero-order chi connectivity index (χ0) is 31.8. The van der Waals surface area contributed by atoms with Crippen molar-refractivity contribution < 1.29 is 40.7 Å². The van der Waals surface area contributed by atoms with Crippen LogP contribution >= 0.6 is 14.9 Å². The molecule has 3 fully saturated rings. The van der Waals surface area contributed by atoms with Crippen LogP contribution in [0.5, 0.6) is 0 Å².